The van der Waals surface area contributed by atoms with E-state index in [1.807, 2.05) is 0 Å². The minimum absolute atomic E-state index is 0.0989. The number of alkyl halides is 1. The minimum Gasteiger partial charge on any atom is -0.348 e. The van der Waals surface area contributed by atoms with E-state index >= 15 is 0 Å². The second-order valence-corrected chi connectivity index (χ2v) is 5.68. The number of carbonyl (C=O) groups is 1. The van der Waals surface area contributed by atoms with Crippen molar-refractivity contribution in [2.24, 2.45) is 0 Å². The lowest BCUT2D eigenvalue weighted by atomic mass is 10.1. The van der Waals surface area contributed by atoms with Gasteiger partial charge in [-0.15, -0.1) is 0 Å². The van der Waals surface area contributed by atoms with E-state index in [1.54, 1.807) is 0 Å². The molecule has 2 unspecified atom stereocenters. The summed E-state index contributed by atoms with van der Waals surface area (Å²) in [6, 6.07) is 4.35. The van der Waals surface area contributed by atoms with Gasteiger partial charge in [-0.25, -0.2) is 4.39 Å². The zero-order chi connectivity index (χ0) is 12.4. The number of carbonyl (C=O) groups excluding carboxylic acids is 1. The van der Waals surface area contributed by atoms with Gasteiger partial charge in [-0.2, -0.15) is 0 Å². The van der Waals surface area contributed by atoms with Crippen LogP contribution in [0, 0.1) is 5.82 Å². The number of hydrogen-bond donors (Lipinski definition) is 1. The molecular weight excluding hydrogens is 308 g/mol. The standard InChI is InChI=1S/C12H12BrClFNO/c13-8-4-2-6-10(8)16-12(17)7-3-1-5-9(15)11(7)14/h1,3,5,8,10H,2,4,6H2,(H,16,17). The highest BCUT2D eigenvalue weighted by molar-refractivity contribution is 9.09. The smallest absolute Gasteiger partial charge is 0.253 e. The van der Waals surface area contributed by atoms with Crippen molar-refractivity contribution in [3.05, 3.63) is 34.6 Å². The number of halogens is 3. The molecule has 0 spiro atoms. The lowest BCUT2D eigenvalue weighted by Crippen LogP contribution is -2.37. The molecule has 1 aliphatic carbocycles. The lowest BCUT2D eigenvalue weighted by molar-refractivity contribution is 0.0938. The van der Waals surface area contributed by atoms with Crippen molar-refractivity contribution < 1.29 is 9.18 Å². The molecule has 2 rings (SSSR count). The maximum atomic E-state index is 13.2. The van der Waals surface area contributed by atoms with Crippen molar-refractivity contribution in [3.8, 4) is 0 Å². The monoisotopic (exact) mass is 319 g/mol. The summed E-state index contributed by atoms with van der Waals surface area (Å²) < 4.78 is 13.2. The second kappa shape index (κ2) is 5.36. The topological polar surface area (TPSA) is 29.1 Å². The highest BCUT2D eigenvalue weighted by Crippen LogP contribution is 2.26. The number of hydrogen-bond acceptors (Lipinski definition) is 1. The third kappa shape index (κ3) is 2.80. The summed E-state index contributed by atoms with van der Waals surface area (Å²) in [6.07, 6.45) is 3.06. The van der Waals surface area contributed by atoms with Gasteiger partial charge in [0.15, 0.2) is 0 Å². The van der Waals surface area contributed by atoms with E-state index in [1.165, 1.54) is 18.2 Å². The summed E-state index contributed by atoms with van der Waals surface area (Å²) in [5.41, 5.74) is 0.193. The molecule has 0 aliphatic heterocycles. The second-order valence-electron chi connectivity index (χ2n) is 4.13. The molecule has 2 nitrogen and oxygen atoms in total. The lowest BCUT2D eigenvalue weighted by Gasteiger charge is -2.16. The van der Waals surface area contributed by atoms with E-state index in [4.69, 9.17) is 11.6 Å². The molecule has 0 aromatic heterocycles. The fourth-order valence-corrected chi connectivity index (χ4v) is 2.93. The van der Waals surface area contributed by atoms with Gasteiger partial charge in [0.05, 0.1) is 10.6 Å². The molecule has 0 heterocycles. The molecule has 1 saturated carbocycles. The maximum absolute atomic E-state index is 13.2. The molecule has 17 heavy (non-hydrogen) atoms. The molecule has 5 heteroatoms. The summed E-state index contributed by atoms with van der Waals surface area (Å²) in [5.74, 6) is -0.882. The number of benzene rings is 1. The van der Waals surface area contributed by atoms with Crippen LogP contribution in [-0.2, 0) is 0 Å². The molecule has 1 aliphatic rings. The maximum Gasteiger partial charge on any atom is 0.253 e. The summed E-state index contributed by atoms with van der Waals surface area (Å²) in [6.45, 7) is 0. The van der Waals surface area contributed by atoms with Crippen LogP contribution in [0.1, 0.15) is 29.6 Å². The van der Waals surface area contributed by atoms with E-state index in [9.17, 15) is 9.18 Å². The van der Waals surface area contributed by atoms with Crippen LogP contribution in [0.15, 0.2) is 18.2 Å². The molecule has 0 bridgehead atoms. The first-order chi connectivity index (χ1) is 8.09. The van der Waals surface area contributed by atoms with Crippen LogP contribution in [0.3, 0.4) is 0 Å². The summed E-state index contributed by atoms with van der Waals surface area (Å²) in [4.78, 5) is 12.2. The SMILES string of the molecule is O=C(NC1CCCC1Br)c1cccc(F)c1Cl. The van der Waals surface area contributed by atoms with Gasteiger partial charge in [-0.1, -0.05) is 40.0 Å². The molecule has 0 radical (unpaired) electrons. The first-order valence-electron chi connectivity index (χ1n) is 5.48. The average Bonchev–Trinajstić information content (AvgIpc) is 2.68. The average molecular weight is 321 g/mol. The van der Waals surface area contributed by atoms with Gasteiger partial charge >= 0.3 is 0 Å². The number of amides is 1. The first-order valence-corrected chi connectivity index (χ1v) is 6.78. The van der Waals surface area contributed by atoms with Gasteiger partial charge in [0, 0.05) is 10.9 Å². The van der Waals surface area contributed by atoms with Crippen molar-refractivity contribution >= 4 is 33.4 Å². The van der Waals surface area contributed by atoms with Gasteiger partial charge < -0.3 is 5.32 Å². The Morgan fingerprint density at radius 2 is 2.24 bits per heavy atom. The van der Waals surface area contributed by atoms with Crippen LogP contribution in [0.4, 0.5) is 4.39 Å². The minimum atomic E-state index is -0.568. The van der Waals surface area contributed by atoms with Crippen LogP contribution in [0.5, 0.6) is 0 Å². The van der Waals surface area contributed by atoms with E-state index in [2.05, 4.69) is 21.2 Å². The third-order valence-electron chi connectivity index (χ3n) is 2.94. The van der Waals surface area contributed by atoms with Crippen LogP contribution in [-0.4, -0.2) is 16.8 Å². The molecule has 1 amide bonds. The van der Waals surface area contributed by atoms with Crippen LogP contribution in [0.2, 0.25) is 5.02 Å². The Labute approximate surface area is 113 Å². The highest BCUT2D eigenvalue weighted by Gasteiger charge is 2.27. The molecule has 1 aromatic rings. The van der Waals surface area contributed by atoms with Gasteiger partial charge in [0.2, 0.25) is 0 Å². The van der Waals surface area contributed by atoms with Crippen molar-refractivity contribution in [2.75, 3.05) is 0 Å². The fourth-order valence-electron chi connectivity index (χ4n) is 2.00. The van der Waals surface area contributed by atoms with Crippen molar-refractivity contribution in [2.45, 2.75) is 30.1 Å². The molecular formula is C12H12BrClFNO. The van der Waals surface area contributed by atoms with Crippen molar-refractivity contribution in [3.63, 3.8) is 0 Å². The summed E-state index contributed by atoms with van der Waals surface area (Å²) in [5, 5.41) is 2.76. The zero-order valence-corrected chi connectivity index (χ0v) is 11.4. The molecule has 0 saturated heterocycles. The number of rotatable bonds is 2. The van der Waals surface area contributed by atoms with Gasteiger partial charge in [0.1, 0.15) is 5.82 Å². The molecule has 1 N–H and O–H groups in total. The Morgan fingerprint density at radius 3 is 2.88 bits per heavy atom. The van der Waals surface area contributed by atoms with Gasteiger partial charge in [0.25, 0.3) is 5.91 Å². The predicted molar refractivity (Wildman–Crippen MR) is 69.2 cm³/mol. The molecule has 1 fully saturated rings. The van der Waals surface area contributed by atoms with Crippen LogP contribution in [0.25, 0.3) is 0 Å². The fraction of sp³-hybridized carbons (Fsp3) is 0.417. The van der Waals surface area contributed by atoms with Crippen LogP contribution >= 0.6 is 27.5 Å². The quantitative estimate of drug-likeness (QED) is 0.830. The van der Waals surface area contributed by atoms with E-state index in [0.29, 0.717) is 4.83 Å². The van der Waals surface area contributed by atoms with Gasteiger partial charge in [-0.05, 0) is 25.0 Å². The van der Waals surface area contributed by atoms with E-state index < -0.39 is 5.82 Å². The zero-order valence-electron chi connectivity index (χ0n) is 9.05. The molecule has 1 aromatic carbocycles. The van der Waals surface area contributed by atoms with Gasteiger partial charge in [-0.3, -0.25) is 4.79 Å². The van der Waals surface area contributed by atoms with E-state index in [-0.39, 0.29) is 22.5 Å². The number of nitrogens with one attached hydrogen (secondary N) is 1. The Bertz CT molecular complexity index is 441. The molecule has 2 atom stereocenters. The summed E-state index contributed by atoms with van der Waals surface area (Å²) in [7, 11) is 0. The normalized spacial score (nSPS) is 23.7. The first kappa shape index (κ1) is 12.8. The molecule has 92 valence electrons. The Balaban J connectivity index is 2.12. The van der Waals surface area contributed by atoms with E-state index in [0.717, 1.165) is 19.3 Å². The summed E-state index contributed by atoms with van der Waals surface area (Å²) >= 11 is 9.28. The largest absolute Gasteiger partial charge is 0.348 e. The third-order valence-corrected chi connectivity index (χ3v) is 4.42. The Hall–Kier alpha value is -0.610. The van der Waals surface area contributed by atoms with Crippen molar-refractivity contribution in [1.82, 2.24) is 5.32 Å². The highest BCUT2D eigenvalue weighted by atomic mass is 79.9. The Kier molecular flexibility index (Phi) is 4.05. The Morgan fingerprint density at radius 1 is 1.47 bits per heavy atom. The predicted octanol–water partition coefficient (Wildman–Crippen LogP) is 3.52. The van der Waals surface area contributed by atoms with Crippen molar-refractivity contribution in [1.29, 1.82) is 0 Å². The van der Waals surface area contributed by atoms with Crippen LogP contribution < -0.4 is 5.32 Å².